The number of amides is 1. The molecule has 0 saturated heterocycles. The van der Waals surface area contributed by atoms with Gasteiger partial charge in [0.05, 0.1) is 0 Å². The lowest BCUT2D eigenvalue weighted by atomic mass is 9.87. The topological polar surface area (TPSA) is 75.4 Å². The van der Waals surface area contributed by atoms with Gasteiger partial charge < -0.3 is 16.2 Å². The number of benzene rings is 1. The molecule has 1 aromatic rings. The maximum absolute atomic E-state index is 11.2. The van der Waals surface area contributed by atoms with E-state index in [4.69, 9.17) is 13.6 Å². The highest BCUT2D eigenvalue weighted by atomic mass is 16.3. The molecule has 5 heteroatoms. The van der Waals surface area contributed by atoms with Crippen LogP contribution < -0.4 is 16.5 Å². The van der Waals surface area contributed by atoms with Crippen molar-refractivity contribution in [2.75, 3.05) is 5.73 Å². The van der Waals surface area contributed by atoms with Crippen molar-refractivity contribution in [1.82, 2.24) is 5.32 Å². The highest BCUT2D eigenvalue weighted by Crippen LogP contribution is 2.26. The smallest absolute Gasteiger partial charge is 0.253 e. The van der Waals surface area contributed by atoms with Crippen LogP contribution in [0.1, 0.15) is 22.1 Å². The standard InChI is InChI=1S/C8H7BN2O2/c9-3-1-2-4(10)6-5(3)7(12)11-8(6)13/h1-2,8,13H,10H2,(H,11,12). The SMILES string of the molecule is [B]c1ccc(N)c2c1C(=O)NC2O. The van der Waals surface area contributed by atoms with Gasteiger partial charge in [0.2, 0.25) is 0 Å². The van der Waals surface area contributed by atoms with E-state index in [0.717, 1.165) is 0 Å². The summed E-state index contributed by atoms with van der Waals surface area (Å²) in [7, 11) is 5.57. The first kappa shape index (κ1) is 8.13. The summed E-state index contributed by atoms with van der Waals surface area (Å²) in [4.78, 5) is 11.2. The second-order valence-electron chi connectivity index (χ2n) is 2.91. The molecule has 0 aromatic heterocycles. The quantitative estimate of drug-likeness (QED) is 0.341. The van der Waals surface area contributed by atoms with Crippen molar-refractivity contribution in [2.24, 2.45) is 0 Å². The number of nitrogens with two attached hydrogens (primary N) is 1. The molecule has 1 atom stereocenters. The zero-order chi connectivity index (χ0) is 9.59. The van der Waals surface area contributed by atoms with Crippen LogP contribution in [0.3, 0.4) is 0 Å². The van der Waals surface area contributed by atoms with Crippen molar-refractivity contribution in [2.45, 2.75) is 6.23 Å². The molecule has 1 aliphatic heterocycles. The molecule has 2 radical (unpaired) electrons. The Kier molecular flexibility index (Phi) is 1.56. The summed E-state index contributed by atoms with van der Waals surface area (Å²) in [6.45, 7) is 0. The molecule has 13 heavy (non-hydrogen) atoms. The number of hydrogen-bond acceptors (Lipinski definition) is 3. The molecule has 64 valence electrons. The molecule has 1 heterocycles. The van der Waals surface area contributed by atoms with Gasteiger partial charge in [0.15, 0.2) is 6.23 Å². The zero-order valence-corrected chi connectivity index (χ0v) is 6.74. The van der Waals surface area contributed by atoms with Crippen LogP contribution in [-0.4, -0.2) is 18.9 Å². The first-order chi connectivity index (χ1) is 6.11. The Bertz CT molecular complexity index is 392. The van der Waals surface area contributed by atoms with Crippen molar-refractivity contribution in [3.05, 3.63) is 23.3 Å². The molecular formula is C8H7BN2O2. The summed E-state index contributed by atoms with van der Waals surface area (Å²) in [6, 6.07) is 3.11. The zero-order valence-electron chi connectivity index (χ0n) is 6.74. The second-order valence-corrected chi connectivity index (χ2v) is 2.91. The molecule has 1 aromatic carbocycles. The highest BCUT2D eigenvalue weighted by Gasteiger charge is 2.29. The average Bonchev–Trinajstić information content (AvgIpc) is 2.36. The van der Waals surface area contributed by atoms with E-state index < -0.39 is 6.23 Å². The van der Waals surface area contributed by atoms with Crippen molar-refractivity contribution in [1.29, 1.82) is 0 Å². The molecule has 0 bridgehead atoms. The third-order valence-corrected chi connectivity index (χ3v) is 2.08. The fourth-order valence-electron chi connectivity index (χ4n) is 1.47. The van der Waals surface area contributed by atoms with E-state index in [2.05, 4.69) is 5.32 Å². The highest BCUT2D eigenvalue weighted by molar-refractivity contribution is 6.37. The number of aliphatic hydroxyl groups is 1. The molecule has 1 unspecified atom stereocenters. The molecule has 4 N–H and O–H groups in total. The van der Waals surface area contributed by atoms with Crippen LogP contribution in [0, 0.1) is 0 Å². The monoisotopic (exact) mass is 174 g/mol. The fourth-order valence-corrected chi connectivity index (χ4v) is 1.47. The number of nitrogens with one attached hydrogen (secondary N) is 1. The average molecular weight is 174 g/mol. The molecule has 0 saturated carbocycles. The van der Waals surface area contributed by atoms with E-state index in [1.807, 2.05) is 0 Å². The lowest BCUT2D eigenvalue weighted by Gasteiger charge is -2.07. The summed E-state index contributed by atoms with van der Waals surface area (Å²) < 4.78 is 0. The Balaban J connectivity index is 2.74. The lowest BCUT2D eigenvalue weighted by Crippen LogP contribution is -2.21. The Morgan fingerprint density at radius 2 is 2.23 bits per heavy atom. The van der Waals surface area contributed by atoms with Gasteiger partial charge in [-0.1, -0.05) is 11.5 Å². The molecule has 4 nitrogen and oxygen atoms in total. The number of carbonyl (C=O) groups excluding carboxylic acids is 1. The molecular weight excluding hydrogens is 167 g/mol. The van der Waals surface area contributed by atoms with Crippen molar-refractivity contribution in [3.63, 3.8) is 0 Å². The number of carbonyl (C=O) groups is 1. The maximum Gasteiger partial charge on any atom is 0.253 e. The van der Waals surface area contributed by atoms with E-state index in [9.17, 15) is 9.90 Å². The van der Waals surface area contributed by atoms with Crippen LogP contribution in [0.15, 0.2) is 12.1 Å². The van der Waals surface area contributed by atoms with Crippen molar-refractivity contribution >= 4 is 24.9 Å². The van der Waals surface area contributed by atoms with E-state index in [1.165, 1.54) is 0 Å². The molecule has 0 fully saturated rings. The van der Waals surface area contributed by atoms with Gasteiger partial charge in [0.1, 0.15) is 7.85 Å². The summed E-state index contributed by atoms with van der Waals surface area (Å²) >= 11 is 0. The second kappa shape index (κ2) is 2.50. The predicted molar refractivity (Wildman–Crippen MR) is 48.7 cm³/mol. The number of rotatable bonds is 0. The van der Waals surface area contributed by atoms with Gasteiger partial charge in [0, 0.05) is 16.8 Å². The maximum atomic E-state index is 11.2. The van der Waals surface area contributed by atoms with E-state index >= 15 is 0 Å². The van der Waals surface area contributed by atoms with Crippen LogP contribution >= 0.6 is 0 Å². The minimum absolute atomic E-state index is 0.285. The summed E-state index contributed by atoms with van der Waals surface area (Å²) in [5.41, 5.74) is 6.95. The Hall–Kier alpha value is -1.49. The van der Waals surface area contributed by atoms with Crippen LogP contribution in [0.2, 0.25) is 0 Å². The van der Waals surface area contributed by atoms with Gasteiger partial charge >= 0.3 is 0 Å². The predicted octanol–water partition coefficient (Wildman–Crippen LogP) is -1.20. The Morgan fingerprint density at radius 1 is 1.54 bits per heavy atom. The minimum Gasteiger partial charge on any atom is -0.398 e. The Labute approximate surface area is 76.2 Å². The molecule has 1 amide bonds. The molecule has 2 rings (SSSR count). The Morgan fingerprint density at radius 3 is 2.85 bits per heavy atom. The minimum atomic E-state index is -1.04. The molecule has 0 spiro atoms. The third kappa shape index (κ3) is 1.01. The van der Waals surface area contributed by atoms with Gasteiger partial charge in [-0.3, -0.25) is 4.79 Å². The number of nitrogen functional groups attached to an aromatic ring is 1. The van der Waals surface area contributed by atoms with Crippen molar-refractivity contribution < 1.29 is 9.90 Å². The van der Waals surface area contributed by atoms with E-state index in [0.29, 0.717) is 16.7 Å². The van der Waals surface area contributed by atoms with Crippen molar-refractivity contribution in [3.8, 4) is 0 Å². The molecule has 0 aliphatic carbocycles. The number of anilines is 1. The number of aliphatic hydroxyl groups excluding tert-OH is 1. The van der Waals surface area contributed by atoms with Crippen LogP contribution in [0.4, 0.5) is 5.69 Å². The van der Waals surface area contributed by atoms with Crippen LogP contribution in [0.5, 0.6) is 0 Å². The van der Waals surface area contributed by atoms with Crippen LogP contribution in [0.25, 0.3) is 0 Å². The number of fused-ring (bicyclic) bond motifs is 1. The van der Waals surface area contributed by atoms with Gasteiger partial charge in [-0.15, -0.1) is 0 Å². The van der Waals surface area contributed by atoms with E-state index in [-0.39, 0.29) is 11.5 Å². The first-order valence-corrected chi connectivity index (χ1v) is 3.78. The summed E-state index contributed by atoms with van der Waals surface area (Å²) in [5, 5.41) is 11.7. The summed E-state index contributed by atoms with van der Waals surface area (Å²) in [5.74, 6) is -0.382. The summed E-state index contributed by atoms with van der Waals surface area (Å²) in [6.07, 6.45) is -1.04. The lowest BCUT2D eigenvalue weighted by molar-refractivity contribution is 0.0852. The van der Waals surface area contributed by atoms with Gasteiger partial charge in [-0.2, -0.15) is 0 Å². The van der Waals surface area contributed by atoms with Crippen LogP contribution in [-0.2, 0) is 0 Å². The number of hydrogen-bond donors (Lipinski definition) is 3. The fraction of sp³-hybridized carbons (Fsp3) is 0.125. The largest absolute Gasteiger partial charge is 0.398 e. The normalized spacial score (nSPS) is 19.8. The molecule has 1 aliphatic rings. The van der Waals surface area contributed by atoms with Gasteiger partial charge in [-0.25, -0.2) is 0 Å². The van der Waals surface area contributed by atoms with E-state index in [1.54, 1.807) is 12.1 Å². The first-order valence-electron chi connectivity index (χ1n) is 3.78. The van der Waals surface area contributed by atoms with Gasteiger partial charge in [0.25, 0.3) is 5.91 Å². The van der Waals surface area contributed by atoms with Gasteiger partial charge in [-0.05, 0) is 6.07 Å². The third-order valence-electron chi connectivity index (χ3n) is 2.08.